The zero-order valence-electron chi connectivity index (χ0n) is 17.1. The Bertz CT molecular complexity index is 980. The van der Waals surface area contributed by atoms with Gasteiger partial charge in [-0.15, -0.1) is 0 Å². The summed E-state index contributed by atoms with van der Waals surface area (Å²) in [7, 11) is 3.72. The van der Waals surface area contributed by atoms with Crippen molar-refractivity contribution in [2.45, 2.75) is 25.9 Å². The van der Waals surface area contributed by atoms with Crippen LogP contribution in [0.25, 0.3) is 11.0 Å². The number of nitrogens with one attached hydrogen (secondary N) is 1. The van der Waals surface area contributed by atoms with Gasteiger partial charge in [0.25, 0.3) is 0 Å². The van der Waals surface area contributed by atoms with E-state index in [2.05, 4.69) is 27.9 Å². The lowest BCUT2D eigenvalue weighted by Crippen LogP contribution is -2.42. The number of fused-ring (bicyclic) bond motifs is 1. The number of ether oxygens (including phenoxy) is 1. The highest BCUT2D eigenvalue weighted by atomic mass is 16.5. The van der Waals surface area contributed by atoms with E-state index in [4.69, 9.17) is 9.72 Å². The van der Waals surface area contributed by atoms with E-state index in [1.165, 1.54) is 0 Å². The molecule has 1 atom stereocenters. The Morgan fingerprint density at radius 1 is 1.21 bits per heavy atom. The maximum absolute atomic E-state index is 12.7. The molecular weight excluding hydrogens is 364 g/mol. The summed E-state index contributed by atoms with van der Waals surface area (Å²) in [6, 6.07) is 16.0. The fourth-order valence-electron chi connectivity index (χ4n) is 4.03. The van der Waals surface area contributed by atoms with Crippen LogP contribution >= 0.6 is 0 Å². The lowest BCUT2D eigenvalue weighted by atomic mass is 9.97. The van der Waals surface area contributed by atoms with Crippen molar-refractivity contribution in [3.63, 3.8) is 0 Å². The minimum absolute atomic E-state index is 0.0247. The number of likely N-dealkylation sites (tertiary alicyclic amines) is 1. The lowest BCUT2D eigenvalue weighted by Gasteiger charge is -2.31. The van der Waals surface area contributed by atoms with Gasteiger partial charge in [-0.05, 0) is 49.2 Å². The topological polar surface area (TPSA) is 59.4 Å². The summed E-state index contributed by atoms with van der Waals surface area (Å²) in [6.45, 7) is 3.10. The molecule has 4 rings (SSSR count). The Balaban J connectivity index is 1.34. The van der Waals surface area contributed by atoms with Crippen molar-refractivity contribution in [2.24, 2.45) is 13.0 Å². The summed E-state index contributed by atoms with van der Waals surface area (Å²) in [5.41, 5.74) is 3.25. The molecule has 2 heterocycles. The van der Waals surface area contributed by atoms with E-state index in [9.17, 15) is 4.79 Å². The fraction of sp³-hybridized carbons (Fsp3) is 0.391. The van der Waals surface area contributed by atoms with Crippen molar-refractivity contribution in [2.75, 3.05) is 20.2 Å². The van der Waals surface area contributed by atoms with Crippen molar-refractivity contribution < 1.29 is 9.53 Å². The Kier molecular flexibility index (Phi) is 5.81. The first-order valence-corrected chi connectivity index (χ1v) is 10.2. The van der Waals surface area contributed by atoms with Gasteiger partial charge in [-0.1, -0.05) is 24.3 Å². The molecule has 29 heavy (non-hydrogen) atoms. The van der Waals surface area contributed by atoms with E-state index in [0.29, 0.717) is 6.54 Å². The number of aromatic nitrogens is 2. The number of carbonyl (C=O) groups excluding carboxylic acids is 1. The lowest BCUT2D eigenvalue weighted by molar-refractivity contribution is -0.127. The van der Waals surface area contributed by atoms with Crippen LogP contribution < -0.4 is 10.1 Å². The number of nitrogens with zero attached hydrogens (tertiary/aromatic N) is 3. The molecular formula is C23H28N4O2. The van der Waals surface area contributed by atoms with Gasteiger partial charge in [0.2, 0.25) is 5.91 Å². The SMILES string of the molecule is COc1ccc(CNC(=O)[C@@H]2CCCN(Cc3nc4ccccc4n3C)C2)cc1. The fourth-order valence-corrected chi connectivity index (χ4v) is 4.03. The number of aryl methyl sites for hydroxylation is 1. The molecule has 6 heteroatoms. The molecule has 152 valence electrons. The van der Waals surface area contributed by atoms with E-state index < -0.39 is 0 Å². The largest absolute Gasteiger partial charge is 0.497 e. The molecule has 6 nitrogen and oxygen atoms in total. The van der Waals surface area contributed by atoms with Gasteiger partial charge in [-0.25, -0.2) is 4.98 Å². The van der Waals surface area contributed by atoms with Gasteiger partial charge in [-0.2, -0.15) is 0 Å². The zero-order chi connectivity index (χ0) is 20.2. The molecule has 1 saturated heterocycles. The van der Waals surface area contributed by atoms with E-state index in [0.717, 1.165) is 60.6 Å². The number of hydrogen-bond donors (Lipinski definition) is 1. The van der Waals surface area contributed by atoms with Crippen LogP contribution in [0.4, 0.5) is 0 Å². The summed E-state index contributed by atoms with van der Waals surface area (Å²) in [5, 5.41) is 3.10. The maximum atomic E-state index is 12.7. The smallest absolute Gasteiger partial charge is 0.224 e. The first-order chi connectivity index (χ1) is 14.1. The average Bonchev–Trinajstić information content (AvgIpc) is 3.08. The van der Waals surface area contributed by atoms with E-state index in [-0.39, 0.29) is 11.8 Å². The second-order valence-electron chi connectivity index (χ2n) is 7.72. The van der Waals surface area contributed by atoms with Crippen molar-refractivity contribution in [3.8, 4) is 5.75 Å². The first-order valence-electron chi connectivity index (χ1n) is 10.2. The quantitative estimate of drug-likeness (QED) is 0.700. The Hall–Kier alpha value is -2.86. The number of piperidine rings is 1. The molecule has 0 radical (unpaired) electrons. The molecule has 0 spiro atoms. The molecule has 3 aromatic rings. The number of methoxy groups -OCH3 is 1. The third kappa shape index (κ3) is 4.43. The molecule has 0 unspecified atom stereocenters. The summed E-state index contributed by atoms with van der Waals surface area (Å²) < 4.78 is 7.33. The standard InChI is InChI=1S/C23H28N4O2/c1-26-21-8-4-3-7-20(21)25-22(26)16-27-13-5-6-18(15-27)23(28)24-14-17-9-11-19(29-2)12-10-17/h3-4,7-12,18H,5-6,13-16H2,1-2H3,(H,24,28)/t18-/m1/s1. The first kappa shape index (κ1) is 19.5. The van der Waals surface area contributed by atoms with Crippen LogP contribution in [-0.4, -0.2) is 40.6 Å². The summed E-state index contributed by atoms with van der Waals surface area (Å²) in [6.07, 6.45) is 1.97. The van der Waals surface area contributed by atoms with Crippen molar-refractivity contribution in [1.29, 1.82) is 0 Å². The molecule has 1 N–H and O–H groups in total. The van der Waals surface area contributed by atoms with E-state index >= 15 is 0 Å². The van der Waals surface area contributed by atoms with Gasteiger partial charge < -0.3 is 14.6 Å². The second-order valence-corrected chi connectivity index (χ2v) is 7.72. The van der Waals surface area contributed by atoms with E-state index in [1.54, 1.807) is 7.11 Å². The second kappa shape index (κ2) is 8.66. The molecule has 0 aliphatic carbocycles. The van der Waals surface area contributed by atoms with Crippen LogP contribution in [-0.2, 0) is 24.9 Å². The molecule has 1 aliphatic rings. The third-order valence-corrected chi connectivity index (χ3v) is 5.75. The molecule has 1 fully saturated rings. The number of hydrogen-bond acceptors (Lipinski definition) is 4. The van der Waals surface area contributed by atoms with Crippen molar-refractivity contribution in [3.05, 3.63) is 59.9 Å². The molecule has 1 aromatic heterocycles. The average molecular weight is 393 g/mol. The van der Waals surface area contributed by atoms with Gasteiger partial charge in [0, 0.05) is 20.1 Å². The van der Waals surface area contributed by atoms with Crippen LogP contribution in [0.1, 0.15) is 24.2 Å². The highest BCUT2D eigenvalue weighted by Crippen LogP contribution is 2.21. The molecule has 0 bridgehead atoms. The molecule has 2 aromatic carbocycles. The minimum Gasteiger partial charge on any atom is -0.497 e. The molecule has 1 aliphatic heterocycles. The molecule has 0 saturated carbocycles. The zero-order valence-corrected chi connectivity index (χ0v) is 17.1. The number of benzene rings is 2. The molecule has 1 amide bonds. The van der Waals surface area contributed by atoms with Crippen LogP contribution in [0.3, 0.4) is 0 Å². The normalized spacial score (nSPS) is 17.4. The monoisotopic (exact) mass is 392 g/mol. The predicted molar refractivity (Wildman–Crippen MR) is 114 cm³/mol. The van der Waals surface area contributed by atoms with Gasteiger partial charge in [0.05, 0.1) is 30.6 Å². The third-order valence-electron chi connectivity index (χ3n) is 5.75. The van der Waals surface area contributed by atoms with Gasteiger partial charge in [0.15, 0.2) is 0 Å². The van der Waals surface area contributed by atoms with Crippen LogP contribution in [0.2, 0.25) is 0 Å². The minimum atomic E-state index is 0.0247. The summed E-state index contributed by atoms with van der Waals surface area (Å²) >= 11 is 0. The number of para-hydroxylation sites is 2. The van der Waals surface area contributed by atoms with Crippen LogP contribution in [0, 0.1) is 5.92 Å². The maximum Gasteiger partial charge on any atom is 0.224 e. The van der Waals surface area contributed by atoms with Crippen LogP contribution in [0.5, 0.6) is 5.75 Å². The van der Waals surface area contributed by atoms with Gasteiger partial charge >= 0.3 is 0 Å². The van der Waals surface area contributed by atoms with Crippen molar-refractivity contribution >= 4 is 16.9 Å². The van der Waals surface area contributed by atoms with E-state index in [1.807, 2.05) is 42.5 Å². The number of carbonyl (C=O) groups is 1. The highest BCUT2D eigenvalue weighted by molar-refractivity contribution is 5.79. The Morgan fingerprint density at radius 2 is 2.00 bits per heavy atom. The number of amides is 1. The summed E-state index contributed by atoms with van der Waals surface area (Å²) in [4.78, 5) is 19.8. The summed E-state index contributed by atoms with van der Waals surface area (Å²) in [5.74, 6) is 2.03. The highest BCUT2D eigenvalue weighted by Gasteiger charge is 2.26. The predicted octanol–water partition coefficient (Wildman–Crippen LogP) is 3.11. The number of rotatable bonds is 6. The van der Waals surface area contributed by atoms with Crippen LogP contribution in [0.15, 0.2) is 48.5 Å². The Morgan fingerprint density at radius 3 is 2.76 bits per heavy atom. The Labute approximate surface area is 171 Å². The van der Waals surface area contributed by atoms with Crippen molar-refractivity contribution in [1.82, 2.24) is 19.8 Å². The number of imidazole rings is 1. The van der Waals surface area contributed by atoms with Gasteiger partial charge in [0.1, 0.15) is 11.6 Å². The van der Waals surface area contributed by atoms with Gasteiger partial charge in [-0.3, -0.25) is 9.69 Å².